The molecule has 120 valence electrons. The maximum atomic E-state index is 11.0. The Kier molecular flexibility index (Phi) is 3.96. The Morgan fingerprint density at radius 3 is 2.59 bits per heavy atom. The van der Waals surface area contributed by atoms with Crippen LogP contribution in [0.5, 0.6) is 0 Å². The molecule has 2 aromatic rings. The van der Waals surface area contributed by atoms with Crippen molar-refractivity contribution in [1.82, 2.24) is 4.98 Å². The summed E-state index contributed by atoms with van der Waals surface area (Å²) in [5, 5.41) is 51.8. The molecular weight excluding hydrogens is 405 g/mol. The van der Waals surface area contributed by atoms with Crippen LogP contribution in [0.3, 0.4) is 0 Å². The second-order valence-corrected chi connectivity index (χ2v) is 7.20. The zero-order chi connectivity index (χ0) is 16.1. The lowest BCUT2D eigenvalue weighted by atomic mass is 9.78. The molecule has 0 unspecified atom stereocenters. The minimum absolute atomic E-state index is 0.222. The van der Waals surface area contributed by atoms with Crippen LogP contribution in [-0.2, 0) is 10.3 Å². The summed E-state index contributed by atoms with van der Waals surface area (Å²) in [5.74, 6) is 0. The average molecular weight is 421 g/mol. The second kappa shape index (κ2) is 5.41. The number of fused-ring (bicyclic) bond motifs is 1. The quantitative estimate of drug-likeness (QED) is 0.288. The van der Waals surface area contributed by atoms with Crippen molar-refractivity contribution in [3.8, 4) is 0 Å². The van der Waals surface area contributed by atoms with Crippen molar-refractivity contribution < 1.29 is 30.3 Å². The summed E-state index contributed by atoms with van der Waals surface area (Å²) in [6, 6.07) is 7.05. The van der Waals surface area contributed by atoms with E-state index in [2.05, 4.69) is 4.98 Å². The molecule has 6 N–H and O–H groups in total. The van der Waals surface area contributed by atoms with Gasteiger partial charge < -0.3 is 35.3 Å². The van der Waals surface area contributed by atoms with Gasteiger partial charge in [0.25, 0.3) is 0 Å². The van der Waals surface area contributed by atoms with E-state index in [1.807, 2.05) is 0 Å². The Balaban J connectivity index is 2.20. The second-order valence-electron chi connectivity index (χ2n) is 5.37. The molecule has 8 heteroatoms. The van der Waals surface area contributed by atoms with Gasteiger partial charge in [0.15, 0.2) is 15.5 Å². The van der Waals surface area contributed by atoms with Crippen molar-refractivity contribution in [3.63, 3.8) is 0 Å². The standard InChI is InChI=1S/C14H16INO6/c15-13(6-17)12(20)14(21,10(18)11(19)22-13)8-5-16-9-4-2-1-3-7(8)9/h1-5,10-12,16-21H,6H2/t10-,11-,12-,13+,14+/m0/s1. The molecule has 1 fully saturated rings. The van der Waals surface area contributed by atoms with Gasteiger partial charge in [-0.25, -0.2) is 0 Å². The third-order valence-electron chi connectivity index (χ3n) is 4.10. The van der Waals surface area contributed by atoms with Crippen LogP contribution in [0.2, 0.25) is 0 Å². The lowest BCUT2D eigenvalue weighted by Crippen LogP contribution is -2.68. The minimum atomic E-state index is -2.21. The molecule has 3 rings (SSSR count). The summed E-state index contributed by atoms with van der Waals surface area (Å²) < 4.78 is 3.43. The number of aliphatic hydroxyl groups excluding tert-OH is 4. The molecule has 7 nitrogen and oxygen atoms in total. The molecule has 0 amide bonds. The Morgan fingerprint density at radius 2 is 1.91 bits per heavy atom. The summed E-state index contributed by atoms with van der Waals surface area (Å²) in [5.41, 5.74) is -1.28. The first kappa shape index (κ1) is 16.1. The monoisotopic (exact) mass is 421 g/mol. The van der Waals surface area contributed by atoms with Crippen molar-refractivity contribution in [2.24, 2.45) is 0 Å². The van der Waals surface area contributed by atoms with Crippen LogP contribution in [0.15, 0.2) is 30.5 Å². The van der Waals surface area contributed by atoms with Crippen LogP contribution in [-0.4, -0.2) is 59.2 Å². The summed E-state index contributed by atoms with van der Waals surface area (Å²) >= 11 is 1.62. The molecular formula is C14H16INO6. The topological polar surface area (TPSA) is 126 Å². The first-order valence-corrected chi connectivity index (χ1v) is 7.73. The Morgan fingerprint density at radius 1 is 1.23 bits per heavy atom. The van der Waals surface area contributed by atoms with E-state index in [-0.39, 0.29) is 5.56 Å². The van der Waals surface area contributed by atoms with Gasteiger partial charge in [0, 0.05) is 22.7 Å². The highest BCUT2D eigenvalue weighted by Gasteiger charge is 2.62. The number of aromatic nitrogens is 1. The molecule has 0 aliphatic carbocycles. The largest absolute Gasteiger partial charge is 0.392 e. The lowest BCUT2D eigenvalue weighted by Gasteiger charge is -2.50. The van der Waals surface area contributed by atoms with Crippen molar-refractivity contribution in [2.75, 3.05) is 6.61 Å². The van der Waals surface area contributed by atoms with Gasteiger partial charge in [-0.15, -0.1) is 0 Å². The Hall–Kier alpha value is -0.750. The molecule has 1 saturated heterocycles. The predicted molar refractivity (Wildman–Crippen MR) is 85.1 cm³/mol. The first-order chi connectivity index (χ1) is 10.3. The summed E-state index contributed by atoms with van der Waals surface area (Å²) in [4.78, 5) is 2.94. The number of halogens is 1. The zero-order valence-corrected chi connectivity index (χ0v) is 13.5. The molecule has 0 bridgehead atoms. The van der Waals surface area contributed by atoms with Gasteiger partial charge in [0.1, 0.15) is 12.2 Å². The van der Waals surface area contributed by atoms with Gasteiger partial charge in [-0.3, -0.25) is 0 Å². The molecule has 0 saturated carbocycles. The van der Waals surface area contributed by atoms with Crippen LogP contribution in [0, 0.1) is 0 Å². The number of ether oxygens (including phenoxy) is 1. The van der Waals surface area contributed by atoms with E-state index < -0.39 is 34.3 Å². The number of benzene rings is 1. The molecule has 1 aromatic carbocycles. The SMILES string of the molecule is OC[C@@]1(I)O[C@H](O)[C@H](O)[C@](O)(c2c[nH]c3ccccc23)[C@H]1O. The number of aromatic amines is 1. The van der Waals surface area contributed by atoms with E-state index in [1.165, 1.54) is 6.20 Å². The van der Waals surface area contributed by atoms with Crippen molar-refractivity contribution in [3.05, 3.63) is 36.0 Å². The van der Waals surface area contributed by atoms with E-state index in [4.69, 9.17) is 4.74 Å². The third kappa shape index (κ3) is 2.10. The number of hydrogen-bond donors (Lipinski definition) is 6. The average Bonchev–Trinajstić information content (AvgIpc) is 2.95. The number of nitrogens with one attached hydrogen (secondary N) is 1. The fourth-order valence-corrected chi connectivity index (χ4v) is 3.61. The summed E-state index contributed by atoms with van der Waals surface area (Å²) in [6.07, 6.45) is -3.74. The van der Waals surface area contributed by atoms with E-state index in [9.17, 15) is 25.5 Å². The Bertz CT molecular complexity index is 693. The van der Waals surface area contributed by atoms with Gasteiger partial charge in [-0.2, -0.15) is 0 Å². The van der Waals surface area contributed by atoms with Crippen LogP contribution in [0.4, 0.5) is 0 Å². The molecule has 1 aliphatic heterocycles. The van der Waals surface area contributed by atoms with Gasteiger partial charge in [-0.05, 0) is 28.7 Å². The highest BCUT2D eigenvalue weighted by atomic mass is 127. The third-order valence-corrected chi connectivity index (χ3v) is 5.28. The van der Waals surface area contributed by atoms with E-state index in [0.717, 1.165) is 0 Å². The number of hydrogen-bond acceptors (Lipinski definition) is 6. The number of H-pyrrole nitrogens is 1. The molecule has 1 aromatic heterocycles. The lowest BCUT2D eigenvalue weighted by molar-refractivity contribution is -0.331. The van der Waals surface area contributed by atoms with E-state index in [1.54, 1.807) is 46.9 Å². The zero-order valence-electron chi connectivity index (χ0n) is 11.3. The van der Waals surface area contributed by atoms with E-state index >= 15 is 0 Å². The van der Waals surface area contributed by atoms with Gasteiger partial charge in [0.2, 0.25) is 0 Å². The van der Waals surface area contributed by atoms with Crippen molar-refractivity contribution >= 4 is 33.5 Å². The highest BCUT2D eigenvalue weighted by Crippen LogP contribution is 2.46. The molecule has 22 heavy (non-hydrogen) atoms. The number of para-hydroxylation sites is 1. The van der Waals surface area contributed by atoms with Crippen LogP contribution in [0.1, 0.15) is 5.56 Å². The predicted octanol–water partition coefficient (Wildman–Crippen LogP) is -0.450. The van der Waals surface area contributed by atoms with Gasteiger partial charge >= 0.3 is 0 Å². The van der Waals surface area contributed by atoms with E-state index in [0.29, 0.717) is 10.9 Å². The molecule has 0 spiro atoms. The van der Waals surface area contributed by atoms with Crippen molar-refractivity contribution in [2.45, 2.75) is 27.7 Å². The van der Waals surface area contributed by atoms with Gasteiger partial charge in [-0.1, -0.05) is 18.2 Å². The molecule has 2 heterocycles. The van der Waals surface area contributed by atoms with Crippen LogP contribution < -0.4 is 0 Å². The number of alkyl halides is 1. The molecule has 0 radical (unpaired) electrons. The number of rotatable bonds is 2. The molecule has 5 atom stereocenters. The first-order valence-electron chi connectivity index (χ1n) is 6.65. The Labute approximate surface area is 139 Å². The fraction of sp³-hybridized carbons (Fsp3) is 0.429. The smallest absolute Gasteiger partial charge is 0.186 e. The molecule has 1 aliphatic rings. The highest BCUT2D eigenvalue weighted by molar-refractivity contribution is 14.1. The van der Waals surface area contributed by atoms with Crippen LogP contribution in [0.25, 0.3) is 10.9 Å². The maximum Gasteiger partial charge on any atom is 0.186 e. The van der Waals surface area contributed by atoms with Crippen molar-refractivity contribution in [1.29, 1.82) is 0 Å². The van der Waals surface area contributed by atoms with Gasteiger partial charge in [0.05, 0.1) is 6.61 Å². The summed E-state index contributed by atoms with van der Waals surface area (Å²) in [6.45, 7) is -0.650. The maximum absolute atomic E-state index is 11.0. The number of aliphatic hydroxyl groups is 5. The summed E-state index contributed by atoms with van der Waals surface area (Å²) in [7, 11) is 0. The fourth-order valence-electron chi connectivity index (χ4n) is 2.87. The minimum Gasteiger partial charge on any atom is -0.392 e. The normalized spacial score (nSPS) is 39.3. The van der Waals surface area contributed by atoms with Crippen LogP contribution >= 0.6 is 22.6 Å².